The molecule has 0 amide bonds. The lowest BCUT2D eigenvalue weighted by Gasteiger charge is -2.14. The molecule has 10 aromatic rings. The Morgan fingerprint density at radius 1 is 0.309 bits per heavy atom. The number of nitrogens with zero attached hydrogens (tertiary/aromatic N) is 3. The van der Waals surface area contributed by atoms with Crippen LogP contribution < -0.4 is 0 Å². The summed E-state index contributed by atoms with van der Waals surface area (Å²) in [5.41, 5.74) is 13.8. The Morgan fingerprint density at radius 2 is 0.836 bits per heavy atom. The first-order valence-electron chi connectivity index (χ1n) is 18.4. The van der Waals surface area contributed by atoms with Crippen LogP contribution in [0.2, 0.25) is 0 Å². The maximum absolute atomic E-state index is 5.31. The number of benzene rings is 7. The molecule has 0 saturated carbocycles. The van der Waals surface area contributed by atoms with Gasteiger partial charge in [-0.05, 0) is 99.1 Å². The van der Waals surface area contributed by atoms with Crippen molar-refractivity contribution in [3.63, 3.8) is 0 Å². The van der Waals surface area contributed by atoms with Crippen LogP contribution >= 0.6 is 11.3 Å². The smallest absolute Gasteiger partial charge is 0.160 e. The first kappa shape index (κ1) is 32.6. The van der Waals surface area contributed by atoms with Crippen molar-refractivity contribution in [2.75, 3.05) is 0 Å². The highest BCUT2D eigenvalue weighted by Gasteiger charge is 2.15. The molecule has 258 valence electrons. The van der Waals surface area contributed by atoms with Gasteiger partial charge in [-0.2, -0.15) is 0 Å². The maximum Gasteiger partial charge on any atom is 0.160 e. The summed E-state index contributed by atoms with van der Waals surface area (Å²) in [7, 11) is 0. The Morgan fingerprint density at radius 3 is 1.60 bits per heavy atom. The minimum absolute atomic E-state index is 0.674. The molecule has 7 aromatic carbocycles. The van der Waals surface area contributed by atoms with Crippen LogP contribution in [-0.4, -0.2) is 15.0 Å². The van der Waals surface area contributed by atoms with E-state index in [4.69, 9.17) is 9.97 Å². The van der Waals surface area contributed by atoms with Crippen molar-refractivity contribution in [1.82, 2.24) is 15.0 Å². The van der Waals surface area contributed by atoms with Crippen molar-refractivity contribution in [2.45, 2.75) is 0 Å². The molecule has 0 unspecified atom stereocenters. The van der Waals surface area contributed by atoms with Crippen molar-refractivity contribution in [1.29, 1.82) is 0 Å². The minimum Gasteiger partial charge on any atom is -0.264 e. The van der Waals surface area contributed by atoms with E-state index in [1.807, 2.05) is 29.7 Å². The van der Waals surface area contributed by atoms with Gasteiger partial charge in [0.05, 0.1) is 11.4 Å². The average Bonchev–Trinajstić information content (AvgIpc) is 3.65. The van der Waals surface area contributed by atoms with E-state index in [1.165, 1.54) is 31.3 Å². The summed E-state index contributed by atoms with van der Waals surface area (Å²) in [5.74, 6) is 0.674. The van der Waals surface area contributed by atoms with Gasteiger partial charge in [0.15, 0.2) is 5.82 Å². The fourth-order valence-corrected chi connectivity index (χ4v) is 8.44. The van der Waals surface area contributed by atoms with Gasteiger partial charge in [0.2, 0.25) is 0 Å². The summed E-state index contributed by atoms with van der Waals surface area (Å²) in [4.78, 5) is 14.9. The number of aromatic nitrogens is 3. The third kappa shape index (κ3) is 6.50. The molecule has 0 spiro atoms. The van der Waals surface area contributed by atoms with Crippen LogP contribution in [0.25, 0.3) is 98.6 Å². The topological polar surface area (TPSA) is 38.7 Å². The first-order chi connectivity index (χ1) is 27.2. The van der Waals surface area contributed by atoms with Gasteiger partial charge in [0.25, 0.3) is 0 Å². The average molecular weight is 720 g/mol. The predicted octanol–water partition coefficient (Wildman–Crippen LogP) is 13.9. The van der Waals surface area contributed by atoms with Crippen molar-refractivity contribution in [3.05, 3.63) is 200 Å². The lowest BCUT2D eigenvalue weighted by Crippen LogP contribution is -1.97. The molecule has 0 bridgehead atoms. The molecule has 3 aromatic heterocycles. The normalized spacial score (nSPS) is 11.3. The molecule has 4 heteroatoms. The lowest BCUT2D eigenvalue weighted by molar-refractivity contribution is 1.18. The van der Waals surface area contributed by atoms with Gasteiger partial charge in [0, 0.05) is 49.3 Å². The number of thiophene rings is 1. The molecule has 3 heterocycles. The molecule has 0 aliphatic heterocycles. The Kier molecular flexibility index (Phi) is 8.36. The summed E-state index contributed by atoms with van der Waals surface area (Å²) in [5, 5.41) is 2.57. The highest BCUT2D eigenvalue weighted by molar-refractivity contribution is 7.25. The summed E-state index contributed by atoms with van der Waals surface area (Å²) in [6.07, 6.45) is 3.69. The van der Waals surface area contributed by atoms with E-state index in [9.17, 15) is 0 Å². The number of hydrogen-bond acceptors (Lipinski definition) is 4. The lowest BCUT2D eigenvalue weighted by atomic mass is 9.93. The Labute approximate surface area is 323 Å². The van der Waals surface area contributed by atoms with Gasteiger partial charge < -0.3 is 0 Å². The van der Waals surface area contributed by atoms with E-state index in [2.05, 4.69) is 181 Å². The van der Waals surface area contributed by atoms with Crippen LogP contribution in [0.15, 0.2) is 200 Å². The monoisotopic (exact) mass is 719 g/mol. The van der Waals surface area contributed by atoms with Crippen molar-refractivity contribution >= 4 is 31.5 Å². The van der Waals surface area contributed by atoms with E-state index in [1.54, 1.807) is 6.20 Å². The number of rotatable bonds is 7. The third-order valence-electron chi connectivity index (χ3n) is 10.2. The zero-order valence-electron chi connectivity index (χ0n) is 29.8. The summed E-state index contributed by atoms with van der Waals surface area (Å²) in [6.45, 7) is 0. The summed E-state index contributed by atoms with van der Waals surface area (Å²) in [6, 6.07) is 66.8. The zero-order valence-corrected chi connectivity index (χ0v) is 30.6. The number of hydrogen-bond donors (Lipinski definition) is 0. The Hall–Kier alpha value is -7.01. The van der Waals surface area contributed by atoms with Crippen molar-refractivity contribution in [2.24, 2.45) is 0 Å². The molecule has 0 atom stereocenters. The molecule has 0 radical (unpaired) electrons. The standard InChI is InChI=1S/C51H33N3S/c1-3-11-34(12-4-1)38-15-9-16-40(27-38)47-32-48(54-51(53-47)37-22-20-36(21-23-37)41-17-10-26-52-33-41)44-29-42(35-13-5-2-6-14-35)28-43(30-44)39-24-25-50-46(31-39)45-18-7-8-19-49(45)55-50/h1-33H. The van der Waals surface area contributed by atoms with Gasteiger partial charge in [-0.1, -0.05) is 133 Å². The second kappa shape index (κ2) is 14.1. The SMILES string of the molecule is c1ccc(-c2cccc(-c3cc(-c4cc(-c5ccccc5)cc(-c5ccc6sc7ccccc7c6c5)c4)nc(-c4ccc(-c5cccnc5)cc4)n3)c2)cc1. The van der Waals surface area contributed by atoms with E-state index in [-0.39, 0.29) is 0 Å². The molecule has 55 heavy (non-hydrogen) atoms. The maximum atomic E-state index is 5.31. The highest BCUT2D eigenvalue weighted by Crippen LogP contribution is 2.39. The zero-order chi connectivity index (χ0) is 36.6. The van der Waals surface area contributed by atoms with E-state index in [0.717, 1.165) is 61.5 Å². The van der Waals surface area contributed by atoms with Crippen LogP contribution in [0.1, 0.15) is 0 Å². The third-order valence-corrected chi connectivity index (χ3v) is 11.3. The van der Waals surface area contributed by atoms with Gasteiger partial charge in [-0.3, -0.25) is 4.98 Å². The quantitative estimate of drug-likeness (QED) is 0.165. The Bertz CT molecular complexity index is 2950. The molecule has 10 rings (SSSR count). The predicted molar refractivity (Wildman–Crippen MR) is 231 cm³/mol. The second-order valence-electron chi connectivity index (χ2n) is 13.7. The summed E-state index contributed by atoms with van der Waals surface area (Å²) < 4.78 is 2.60. The second-order valence-corrected chi connectivity index (χ2v) is 14.8. The van der Waals surface area contributed by atoms with Crippen molar-refractivity contribution < 1.29 is 0 Å². The Balaban J connectivity index is 1.16. The van der Waals surface area contributed by atoms with Crippen LogP contribution in [-0.2, 0) is 0 Å². The minimum atomic E-state index is 0.674. The van der Waals surface area contributed by atoms with E-state index >= 15 is 0 Å². The molecule has 0 N–H and O–H groups in total. The summed E-state index contributed by atoms with van der Waals surface area (Å²) >= 11 is 1.84. The van der Waals surface area contributed by atoms with Crippen LogP contribution in [0, 0.1) is 0 Å². The molecule has 0 saturated heterocycles. The number of fused-ring (bicyclic) bond motifs is 3. The highest BCUT2D eigenvalue weighted by atomic mass is 32.1. The molecule has 0 fully saturated rings. The molecule has 0 aliphatic rings. The van der Waals surface area contributed by atoms with Crippen molar-refractivity contribution in [3.8, 4) is 78.4 Å². The van der Waals surface area contributed by atoms with Crippen LogP contribution in [0.4, 0.5) is 0 Å². The fourth-order valence-electron chi connectivity index (χ4n) is 7.35. The van der Waals surface area contributed by atoms with Crippen LogP contribution in [0.5, 0.6) is 0 Å². The fraction of sp³-hybridized carbons (Fsp3) is 0. The molecular weight excluding hydrogens is 687 g/mol. The van der Waals surface area contributed by atoms with Gasteiger partial charge in [-0.15, -0.1) is 11.3 Å². The van der Waals surface area contributed by atoms with Gasteiger partial charge in [0.1, 0.15) is 0 Å². The van der Waals surface area contributed by atoms with E-state index < -0.39 is 0 Å². The molecule has 3 nitrogen and oxygen atoms in total. The molecule has 0 aliphatic carbocycles. The largest absolute Gasteiger partial charge is 0.264 e. The van der Waals surface area contributed by atoms with Crippen LogP contribution in [0.3, 0.4) is 0 Å². The number of pyridine rings is 1. The van der Waals surface area contributed by atoms with E-state index in [0.29, 0.717) is 5.82 Å². The van der Waals surface area contributed by atoms with Gasteiger partial charge in [-0.25, -0.2) is 9.97 Å². The van der Waals surface area contributed by atoms with Gasteiger partial charge >= 0.3 is 0 Å². The molecular formula is C51H33N3S. The first-order valence-corrected chi connectivity index (χ1v) is 19.2.